The number of carbonyl (C=O) groups excluding carboxylic acids is 3. The molecule has 4 aliphatic rings. The van der Waals surface area contributed by atoms with Crippen LogP contribution >= 0.6 is 0 Å². The predicted molar refractivity (Wildman–Crippen MR) is 192 cm³/mol. The maximum atomic E-state index is 13.4. The van der Waals surface area contributed by atoms with Gasteiger partial charge in [-0.25, -0.2) is 9.59 Å². The van der Waals surface area contributed by atoms with Gasteiger partial charge in [-0.05, 0) is 70.9 Å². The SMILES string of the molecule is C/C(=C\C=C\[C@@H](C)COC(=O)N1CCC[C@H]1C)[C@H]1OC(=O)C[C@H](O)CC[C@@](C)(O)[C@@H](OC(=O)N2CCN(C3CCCCCC3)CC2)/C=C/[C@@H]1C. The van der Waals surface area contributed by atoms with Gasteiger partial charge in [-0.1, -0.05) is 63.8 Å². The minimum Gasteiger partial charge on any atom is -0.457 e. The lowest BCUT2D eigenvalue weighted by atomic mass is 9.89. The van der Waals surface area contributed by atoms with E-state index in [1.54, 1.807) is 22.8 Å². The Bertz CT molecular complexity index is 1200. The van der Waals surface area contributed by atoms with Gasteiger partial charge in [0, 0.05) is 56.6 Å². The number of likely N-dealkylation sites (tertiary alicyclic amines) is 1. The summed E-state index contributed by atoms with van der Waals surface area (Å²) in [5, 5.41) is 22.2. The van der Waals surface area contributed by atoms with Gasteiger partial charge in [-0.15, -0.1) is 0 Å². The number of allylic oxidation sites excluding steroid dienone is 2. The highest BCUT2D eigenvalue weighted by Gasteiger charge is 2.37. The van der Waals surface area contributed by atoms with Crippen LogP contribution in [-0.4, -0.2) is 118 Å². The van der Waals surface area contributed by atoms with Crippen molar-refractivity contribution in [3.05, 3.63) is 36.0 Å². The van der Waals surface area contributed by atoms with E-state index < -0.39 is 36.0 Å². The molecule has 0 aromatic carbocycles. The fourth-order valence-corrected chi connectivity index (χ4v) is 7.56. The monoisotopic (exact) mass is 701 g/mol. The number of rotatable bonds is 7. The molecule has 0 unspecified atom stereocenters. The first-order valence-electron chi connectivity index (χ1n) is 19.1. The van der Waals surface area contributed by atoms with Gasteiger partial charge < -0.3 is 34.2 Å². The van der Waals surface area contributed by atoms with E-state index in [4.69, 9.17) is 14.2 Å². The first-order chi connectivity index (χ1) is 23.8. The van der Waals surface area contributed by atoms with Gasteiger partial charge in [-0.3, -0.25) is 9.69 Å². The van der Waals surface area contributed by atoms with E-state index in [1.807, 2.05) is 52.0 Å². The highest BCUT2D eigenvalue weighted by molar-refractivity contribution is 5.70. The zero-order valence-corrected chi connectivity index (χ0v) is 31.1. The van der Waals surface area contributed by atoms with Crippen molar-refractivity contribution in [2.75, 3.05) is 39.3 Å². The number of cyclic esters (lactones) is 1. The Morgan fingerprint density at radius 3 is 2.36 bits per heavy atom. The van der Waals surface area contributed by atoms with Gasteiger partial charge in [0.2, 0.25) is 0 Å². The molecule has 7 atom stereocenters. The van der Waals surface area contributed by atoms with Crippen molar-refractivity contribution in [3.8, 4) is 0 Å². The van der Waals surface area contributed by atoms with Crippen molar-refractivity contribution in [1.82, 2.24) is 14.7 Å². The van der Waals surface area contributed by atoms with Crippen LogP contribution in [0.5, 0.6) is 0 Å². The number of esters is 1. The van der Waals surface area contributed by atoms with Crippen LogP contribution in [0, 0.1) is 11.8 Å². The van der Waals surface area contributed by atoms with Gasteiger partial charge in [0.15, 0.2) is 6.10 Å². The fraction of sp³-hybridized carbons (Fsp3) is 0.769. The third kappa shape index (κ3) is 11.8. The molecule has 3 fully saturated rings. The molecule has 50 heavy (non-hydrogen) atoms. The maximum absolute atomic E-state index is 13.4. The standard InChI is InChI=1S/C39H63N3O8/c1-28(27-48-38(46)42-21-11-14-31(42)4)12-10-13-29(2)36-30(3)17-18-34(39(5,47)20-19-33(43)26-35(44)50-36)49-37(45)41-24-22-40(23-25-41)32-15-8-6-7-9-16-32/h10,12-13,17-18,28,30-34,36,43,47H,6-9,11,14-16,19-27H2,1-5H3/b12-10+,18-17+,29-13+/t28-,30+,31-,33-,34+,36-,39-/m1/s1. The van der Waals surface area contributed by atoms with Gasteiger partial charge in [0.25, 0.3) is 0 Å². The van der Waals surface area contributed by atoms with Gasteiger partial charge >= 0.3 is 18.2 Å². The van der Waals surface area contributed by atoms with Crippen LogP contribution in [0.2, 0.25) is 0 Å². The van der Waals surface area contributed by atoms with Gasteiger partial charge in [0.05, 0.1) is 19.1 Å². The van der Waals surface area contributed by atoms with E-state index in [9.17, 15) is 24.6 Å². The molecule has 0 spiro atoms. The van der Waals surface area contributed by atoms with E-state index in [2.05, 4.69) is 4.90 Å². The topological polar surface area (TPSA) is 129 Å². The molecule has 0 bridgehead atoms. The Morgan fingerprint density at radius 1 is 1.00 bits per heavy atom. The Balaban J connectivity index is 1.39. The molecule has 0 aromatic heterocycles. The highest BCUT2D eigenvalue weighted by atomic mass is 16.6. The predicted octanol–water partition coefficient (Wildman–Crippen LogP) is 5.99. The number of piperazine rings is 1. The van der Waals surface area contributed by atoms with Crippen LogP contribution < -0.4 is 0 Å². The van der Waals surface area contributed by atoms with Crippen molar-refractivity contribution in [2.24, 2.45) is 11.8 Å². The highest BCUT2D eigenvalue weighted by Crippen LogP contribution is 2.28. The summed E-state index contributed by atoms with van der Waals surface area (Å²) in [6.07, 6.45) is 15.5. The van der Waals surface area contributed by atoms with Crippen LogP contribution in [0.1, 0.15) is 105 Å². The Hall–Kier alpha value is -2.89. The van der Waals surface area contributed by atoms with E-state index in [0.717, 1.165) is 38.0 Å². The molecule has 0 aromatic rings. The molecule has 1 saturated carbocycles. The third-order valence-corrected chi connectivity index (χ3v) is 11.0. The molecule has 2 N–H and O–H groups in total. The molecular formula is C39H63N3O8. The van der Waals surface area contributed by atoms with Crippen LogP contribution in [0.25, 0.3) is 0 Å². The second-order valence-corrected chi connectivity index (χ2v) is 15.4. The summed E-state index contributed by atoms with van der Waals surface area (Å²) in [5.41, 5.74) is -0.687. The van der Waals surface area contributed by atoms with E-state index >= 15 is 0 Å². The lowest BCUT2D eigenvalue weighted by Gasteiger charge is -2.40. The van der Waals surface area contributed by atoms with E-state index in [0.29, 0.717) is 19.1 Å². The molecule has 2 amide bonds. The summed E-state index contributed by atoms with van der Waals surface area (Å²) in [6.45, 7) is 13.2. The van der Waals surface area contributed by atoms with Gasteiger partial charge in [0.1, 0.15) is 11.7 Å². The summed E-state index contributed by atoms with van der Waals surface area (Å²) in [6, 6.07) is 0.792. The van der Waals surface area contributed by atoms with Crippen molar-refractivity contribution < 1.29 is 38.8 Å². The molecule has 11 heteroatoms. The van der Waals surface area contributed by atoms with Crippen LogP contribution in [0.4, 0.5) is 9.59 Å². The molecule has 3 heterocycles. The number of aliphatic hydroxyl groups excluding tert-OH is 1. The Kier molecular flexibility index (Phi) is 15.2. The normalized spacial score (nSPS) is 32.8. The number of hydrogen-bond acceptors (Lipinski definition) is 9. The summed E-state index contributed by atoms with van der Waals surface area (Å²) in [7, 11) is 0. The summed E-state index contributed by atoms with van der Waals surface area (Å²) in [4.78, 5) is 44.8. The van der Waals surface area contributed by atoms with E-state index in [-0.39, 0.29) is 49.8 Å². The van der Waals surface area contributed by atoms with Crippen LogP contribution in [0.15, 0.2) is 36.0 Å². The first-order valence-corrected chi connectivity index (χ1v) is 19.1. The zero-order chi connectivity index (χ0) is 36.3. The average Bonchev–Trinajstić information content (AvgIpc) is 3.33. The summed E-state index contributed by atoms with van der Waals surface area (Å²) < 4.78 is 17.4. The average molecular weight is 702 g/mol. The fourth-order valence-electron chi connectivity index (χ4n) is 7.56. The second kappa shape index (κ2) is 19.1. The molecular weight excluding hydrogens is 638 g/mol. The number of carbonyl (C=O) groups is 3. The molecule has 1 aliphatic carbocycles. The second-order valence-electron chi connectivity index (χ2n) is 15.4. The number of hydrogen-bond donors (Lipinski definition) is 2. The number of aliphatic hydroxyl groups is 2. The lowest BCUT2D eigenvalue weighted by Crippen LogP contribution is -2.53. The minimum absolute atomic E-state index is 0.0234. The minimum atomic E-state index is -1.46. The molecule has 11 nitrogen and oxygen atoms in total. The molecule has 0 radical (unpaired) electrons. The zero-order valence-electron chi connectivity index (χ0n) is 31.1. The molecule has 3 aliphatic heterocycles. The number of ether oxygens (including phenoxy) is 3. The smallest absolute Gasteiger partial charge is 0.410 e. The summed E-state index contributed by atoms with van der Waals surface area (Å²) in [5.74, 6) is -0.882. The summed E-state index contributed by atoms with van der Waals surface area (Å²) >= 11 is 0. The van der Waals surface area contributed by atoms with Crippen LogP contribution in [-0.2, 0) is 19.0 Å². The van der Waals surface area contributed by atoms with Crippen molar-refractivity contribution in [3.63, 3.8) is 0 Å². The molecule has 282 valence electrons. The third-order valence-electron chi connectivity index (χ3n) is 11.0. The molecule has 4 rings (SSSR count). The number of nitrogens with zero attached hydrogens (tertiary/aromatic N) is 3. The molecule has 2 saturated heterocycles. The van der Waals surface area contributed by atoms with Gasteiger partial charge in [-0.2, -0.15) is 0 Å². The van der Waals surface area contributed by atoms with E-state index in [1.165, 1.54) is 38.5 Å². The Morgan fingerprint density at radius 2 is 1.70 bits per heavy atom. The first kappa shape index (κ1) is 39.9. The number of amides is 2. The Labute approximate surface area is 299 Å². The lowest BCUT2D eigenvalue weighted by molar-refractivity contribution is -0.151. The maximum Gasteiger partial charge on any atom is 0.410 e. The van der Waals surface area contributed by atoms with Crippen molar-refractivity contribution in [1.29, 1.82) is 0 Å². The van der Waals surface area contributed by atoms with Crippen molar-refractivity contribution in [2.45, 2.75) is 141 Å². The quantitative estimate of drug-likeness (QED) is 0.108. The van der Waals surface area contributed by atoms with Crippen molar-refractivity contribution >= 4 is 18.2 Å². The largest absolute Gasteiger partial charge is 0.457 e. The van der Waals surface area contributed by atoms with Crippen LogP contribution in [0.3, 0.4) is 0 Å².